The van der Waals surface area contributed by atoms with Gasteiger partial charge in [0.2, 0.25) is 0 Å². The van der Waals surface area contributed by atoms with Gasteiger partial charge in [-0.2, -0.15) is 0 Å². The smallest absolute Gasteiger partial charge is 0.305 e. The molecule has 1 aromatic rings. The molecule has 1 aliphatic heterocycles. The van der Waals surface area contributed by atoms with Gasteiger partial charge in [-0.05, 0) is 24.7 Å². The fourth-order valence-electron chi connectivity index (χ4n) is 3.49. The standard InChI is InChI=1S/C13H19NOS2/c1-7-4-5-9-8(6-7)10-11(14-12(15)16-10)17-13(9,2)3/h7-9H,4-6H2,1-3H3,(H,14,15)/t7-,8-,9+/m1/s1. The summed E-state index contributed by atoms with van der Waals surface area (Å²) in [6.45, 7) is 7.02. The molecule has 0 aromatic carbocycles. The van der Waals surface area contributed by atoms with Crippen LogP contribution in [0.5, 0.6) is 0 Å². The van der Waals surface area contributed by atoms with Crippen LogP contribution >= 0.6 is 23.1 Å². The van der Waals surface area contributed by atoms with Crippen molar-refractivity contribution >= 4 is 23.1 Å². The van der Waals surface area contributed by atoms with E-state index < -0.39 is 0 Å². The van der Waals surface area contributed by atoms with Crippen LogP contribution in [-0.4, -0.2) is 9.73 Å². The van der Waals surface area contributed by atoms with E-state index in [4.69, 9.17) is 0 Å². The maximum absolute atomic E-state index is 11.6. The van der Waals surface area contributed by atoms with Crippen molar-refractivity contribution in [2.24, 2.45) is 11.8 Å². The summed E-state index contributed by atoms with van der Waals surface area (Å²) in [6.07, 6.45) is 3.92. The number of hydrogen-bond donors (Lipinski definition) is 1. The minimum Gasteiger partial charge on any atom is -0.307 e. The molecule has 1 aromatic heterocycles. The summed E-state index contributed by atoms with van der Waals surface area (Å²) in [5.41, 5.74) is 0. The zero-order chi connectivity index (χ0) is 12.2. The van der Waals surface area contributed by atoms with Gasteiger partial charge in [-0.1, -0.05) is 38.5 Å². The Morgan fingerprint density at radius 2 is 2.12 bits per heavy atom. The third-order valence-corrected chi connectivity index (χ3v) is 6.85. The first kappa shape index (κ1) is 11.8. The number of rotatable bonds is 0. The molecule has 1 N–H and O–H groups in total. The number of aromatic amines is 1. The second-order valence-corrected chi connectivity index (χ2v) is 8.72. The molecule has 2 aliphatic rings. The predicted molar refractivity (Wildman–Crippen MR) is 74.1 cm³/mol. The van der Waals surface area contributed by atoms with E-state index in [-0.39, 0.29) is 9.62 Å². The zero-order valence-corrected chi connectivity index (χ0v) is 12.2. The van der Waals surface area contributed by atoms with Gasteiger partial charge in [0.25, 0.3) is 0 Å². The molecule has 1 fully saturated rings. The highest BCUT2D eigenvalue weighted by Crippen LogP contribution is 2.57. The van der Waals surface area contributed by atoms with Crippen LogP contribution in [0.15, 0.2) is 9.82 Å². The molecule has 2 nitrogen and oxygen atoms in total. The molecule has 2 heterocycles. The summed E-state index contributed by atoms with van der Waals surface area (Å²) in [6, 6.07) is 0. The first-order valence-corrected chi connectivity index (χ1v) is 8.02. The average molecular weight is 269 g/mol. The van der Waals surface area contributed by atoms with Crippen LogP contribution in [0.1, 0.15) is 50.8 Å². The molecule has 0 saturated heterocycles. The highest BCUT2D eigenvalue weighted by molar-refractivity contribution is 8.00. The van der Waals surface area contributed by atoms with Crippen molar-refractivity contribution in [2.45, 2.75) is 55.7 Å². The van der Waals surface area contributed by atoms with Crippen LogP contribution in [-0.2, 0) is 0 Å². The maximum Gasteiger partial charge on any atom is 0.305 e. The first-order valence-electron chi connectivity index (χ1n) is 6.39. The minimum absolute atomic E-state index is 0.122. The molecule has 4 heteroatoms. The number of thioether (sulfide) groups is 1. The van der Waals surface area contributed by atoms with Gasteiger partial charge >= 0.3 is 4.87 Å². The van der Waals surface area contributed by atoms with Gasteiger partial charge < -0.3 is 4.98 Å². The highest BCUT2D eigenvalue weighted by atomic mass is 32.2. The van der Waals surface area contributed by atoms with Crippen LogP contribution < -0.4 is 4.87 Å². The molecule has 94 valence electrons. The van der Waals surface area contributed by atoms with E-state index in [0.717, 1.165) is 16.9 Å². The van der Waals surface area contributed by atoms with Gasteiger partial charge in [0.05, 0.1) is 5.03 Å². The topological polar surface area (TPSA) is 32.9 Å². The molecular weight excluding hydrogens is 250 g/mol. The molecule has 0 radical (unpaired) electrons. The van der Waals surface area contributed by atoms with Gasteiger partial charge in [-0.15, -0.1) is 11.8 Å². The van der Waals surface area contributed by atoms with E-state index in [1.165, 1.54) is 35.5 Å². The monoisotopic (exact) mass is 269 g/mol. The molecule has 0 spiro atoms. The van der Waals surface area contributed by atoms with Crippen molar-refractivity contribution < 1.29 is 0 Å². The molecule has 0 amide bonds. The first-order chi connectivity index (χ1) is 7.97. The molecule has 1 aliphatic carbocycles. The fraction of sp³-hybridized carbons (Fsp3) is 0.769. The summed E-state index contributed by atoms with van der Waals surface area (Å²) in [5, 5.41) is 1.15. The zero-order valence-electron chi connectivity index (χ0n) is 10.6. The van der Waals surface area contributed by atoms with Gasteiger partial charge in [0.1, 0.15) is 0 Å². The Hall–Kier alpha value is -0.220. The van der Waals surface area contributed by atoms with Crippen LogP contribution in [0.25, 0.3) is 0 Å². The molecule has 3 atom stereocenters. The number of aromatic nitrogens is 1. The normalized spacial score (nSPS) is 35.1. The Morgan fingerprint density at radius 3 is 2.88 bits per heavy atom. The third-order valence-electron chi connectivity index (χ3n) is 4.35. The van der Waals surface area contributed by atoms with Crippen molar-refractivity contribution in [3.05, 3.63) is 14.5 Å². The number of hydrogen-bond acceptors (Lipinski definition) is 3. The summed E-state index contributed by atoms with van der Waals surface area (Å²) in [5.74, 6) is 2.16. The average Bonchev–Trinajstić information content (AvgIpc) is 2.57. The predicted octanol–water partition coefficient (Wildman–Crippen LogP) is 3.84. The van der Waals surface area contributed by atoms with Crippen molar-refractivity contribution in [1.29, 1.82) is 0 Å². The molecule has 17 heavy (non-hydrogen) atoms. The summed E-state index contributed by atoms with van der Waals surface area (Å²) in [4.78, 5) is 16.1. The van der Waals surface area contributed by atoms with Crippen molar-refractivity contribution in [3.63, 3.8) is 0 Å². The van der Waals surface area contributed by atoms with E-state index in [0.29, 0.717) is 5.92 Å². The lowest BCUT2D eigenvalue weighted by Crippen LogP contribution is -2.39. The summed E-state index contributed by atoms with van der Waals surface area (Å²) >= 11 is 3.32. The third kappa shape index (κ3) is 1.89. The summed E-state index contributed by atoms with van der Waals surface area (Å²) in [7, 11) is 0. The lowest BCUT2D eigenvalue weighted by Gasteiger charge is -2.46. The van der Waals surface area contributed by atoms with Crippen LogP contribution in [0.2, 0.25) is 0 Å². The molecule has 0 unspecified atom stereocenters. The van der Waals surface area contributed by atoms with E-state index in [9.17, 15) is 4.79 Å². The lowest BCUT2D eigenvalue weighted by atomic mass is 9.69. The molecule has 1 saturated carbocycles. The van der Waals surface area contributed by atoms with Crippen molar-refractivity contribution in [1.82, 2.24) is 4.98 Å². The van der Waals surface area contributed by atoms with E-state index in [1.807, 2.05) is 11.8 Å². The highest BCUT2D eigenvalue weighted by Gasteiger charge is 2.46. The van der Waals surface area contributed by atoms with Crippen LogP contribution in [0.4, 0.5) is 0 Å². The van der Waals surface area contributed by atoms with E-state index in [2.05, 4.69) is 25.8 Å². The maximum atomic E-state index is 11.6. The SMILES string of the molecule is C[C@@H]1CC[C@H]2[C@@H](C1)c1sc(=O)[nH]c1SC2(C)C. The van der Waals surface area contributed by atoms with Crippen molar-refractivity contribution in [3.8, 4) is 0 Å². The number of H-pyrrole nitrogens is 1. The van der Waals surface area contributed by atoms with E-state index in [1.54, 1.807) is 0 Å². The van der Waals surface area contributed by atoms with Gasteiger partial charge in [0, 0.05) is 15.5 Å². The molecular formula is C13H19NOS2. The van der Waals surface area contributed by atoms with Gasteiger partial charge in [0.15, 0.2) is 0 Å². The largest absolute Gasteiger partial charge is 0.307 e. The molecule has 3 rings (SSSR count). The Labute approximate surface area is 110 Å². The second-order valence-electron chi connectivity index (χ2n) is 6.04. The number of fused-ring (bicyclic) bond motifs is 3. The Morgan fingerprint density at radius 1 is 1.35 bits per heavy atom. The fourth-order valence-corrected chi connectivity index (χ4v) is 6.07. The Balaban J connectivity index is 2.07. The second kappa shape index (κ2) is 3.89. The minimum atomic E-state index is 0.122. The number of nitrogens with one attached hydrogen (secondary N) is 1. The van der Waals surface area contributed by atoms with Gasteiger partial charge in [-0.25, -0.2) is 0 Å². The van der Waals surface area contributed by atoms with Crippen LogP contribution in [0, 0.1) is 11.8 Å². The van der Waals surface area contributed by atoms with E-state index >= 15 is 0 Å². The quantitative estimate of drug-likeness (QED) is 0.776. The summed E-state index contributed by atoms with van der Waals surface area (Å²) < 4.78 is 0.266. The van der Waals surface area contributed by atoms with Crippen LogP contribution in [0.3, 0.4) is 0 Å². The number of thiazole rings is 1. The van der Waals surface area contributed by atoms with Gasteiger partial charge in [-0.3, -0.25) is 4.79 Å². The van der Waals surface area contributed by atoms with Crippen molar-refractivity contribution in [2.75, 3.05) is 0 Å². The lowest BCUT2D eigenvalue weighted by molar-refractivity contribution is 0.210. The molecule has 0 bridgehead atoms. The Kier molecular flexibility index (Phi) is 2.71. The Bertz CT molecular complexity index is 488.